The zero-order chi connectivity index (χ0) is 22.4. The van der Waals surface area contributed by atoms with Crippen molar-refractivity contribution in [3.05, 3.63) is 95.0 Å². The predicted molar refractivity (Wildman–Crippen MR) is 122 cm³/mol. The number of nitrogens with zero attached hydrogens (tertiary/aromatic N) is 1. The average Bonchev–Trinajstić information content (AvgIpc) is 2.77. The van der Waals surface area contributed by atoms with E-state index >= 15 is 0 Å². The third kappa shape index (κ3) is 5.44. The van der Waals surface area contributed by atoms with E-state index < -0.39 is 22.0 Å². The molecule has 0 aliphatic rings. The van der Waals surface area contributed by atoms with E-state index in [2.05, 4.69) is 4.72 Å². The molecule has 0 saturated heterocycles. The van der Waals surface area contributed by atoms with Crippen LogP contribution in [-0.4, -0.2) is 38.0 Å². The van der Waals surface area contributed by atoms with Crippen molar-refractivity contribution in [3.63, 3.8) is 0 Å². The van der Waals surface area contributed by atoms with Crippen LogP contribution in [0, 0.1) is 0 Å². The monoisotopic (exact) mass is 458 g/mol. The van der Waals surface area contributed by atoms with Crippen LogP contribution in [0.15, 0.2) is 83.8 Å². The summed E-state index contributed by atoms with van der Waals surface area (Å²) >= 11 is 6.26. The quantitative estimate of drug-likeness (QED) is 0.525. The molecule has 0 radical (unpaired) electrons. The lowest BCUT2D eigenvalue weighted by Crippen LogP contribution is -2.32. The number of hydrogen-bond acceptors (Lipinski definition) is 4. The number of halogens is 1. The van der Waals surface area contributed by atoms with E-state index in [1.165, 1.54) is 23.1 Å². The molecule has 0 aromatic heterocycles. The van der Waals surface area contributed by atoms with Crippen molar-refractivity contribution in [3.8, 4) is 0 Å². The zero-order valence-electron chi connectivity index (χ0n) is 16.9. The fourth-order valence-corrected chi connectivity index (χ4v) is 4.55. The number of hydrogen-bond donors (Lipinski definition) is 2. The second kappa shape index (κ2) is 9.96. The lowest BCUT2D eigenvalue weighted by atomic mass is 10.0. The SMILES string of the molecule is CN(C(=O)c1cc(S(=O)(=O)Nc2ccccc2)ccc1Cl)C(CCO)c1ccccc1. The minimum absolute atomic E-state index is 0.0685. The van der Waals surface area contributed by atoms with Crippen LogP contribution >= 0.6 is 11.6 Å². The summed E-state index contributed by atoms with van der Waals surface area (Å²) in [7, 11) is -2.31. The summed E-state index contributed by atoms with van der Waals surface area (Å²) in [6.45, 7) is -0.111. The molecule has 0 bridgehead atoms. The Kier molecular flexibility index (Phi) is 7.33. The minimum Gasteiger partial charge on any atom is -0.396 e. The molecule has 8 heteroatoms. The van der Waals surface area contributed by atoms with Crippen LogP contribution in [0.3, 0.4) is 0 Å². The van der Waals surface area contributed by atoms with Crippen LogP contribution < -0.4 is 4.72 Å². The lowest BCUT2D eigenvalue weighted by Gasteiger charge is -2.29. The van der Waals surface area contributed by atoms with Gasteiger partial charge in [-0.25, -0.2) is 8.42 Å². The van der Waals surface area contributed by atoms with Gasteiger partial charge in [0.05, 0.1) is 21.5 Å². The highest BCUT2D eigenvalue weighted by atomic mass is 35.5. The van der Waals surface area contributed by atoms with Crippen LogP contribution in [0.25, 0.3) is 0 Å². The number of benzene rings is 3. The van der Waals surface area contributed by atoms with Gasteiger partial charge in [0.1, 0.15) is 0 Å². The first kappa shape index (κ1) is 22.8. The van der Waals surface area contributed by atoms with E-state index in [9.17, 15) is 18.3 Å². The summed E-state index contributed by atoms with van der Waals surface area (Å²) in [5.74, 6) is -0.441. The number of para-hydroxylation sites is 1. The maximum absolute atomic E-state index is 13.2. The molecule has 1 atom stereocenters. The summed E-state index contributed by atoms with van der Waals surface area (Å²) in [5.41, 5.74) is 1.34. The van der Waals surface area contributed by atoms with Gasteiger partial charge in [0.15, 0.2) is 0 Å². The number of aliphatic hydroxyl groups is 1. The Labute approximate surface area is 187 Å². The van der Waals surface area contributed by atoms with Crippen molar-refractivity contribution >= 4 is 33.2 Å². The first-order chi connectivity index (χ1) is 14.8. The molecule has 0 spiro atoms. The normalized spacial score (nSPS) is 12.2. The number of amides is 1. The van der Waals surface area contributed by atoms with Crippen LogP contribution in [0.5, 0.6) is 0 Å². The molecule has 1 unspecified atom stereocenters. The number of anilines is 1. The molecular weight excluding hydrogens is 436 g/mol. The summed E-state index contributed by atoms with van der Waals surface area (Å²) < 4.78 is 28.1. The third-order valence-electron chi connectivity index (χ3n) is 4.88. The van der Waals surface area contributed by atoms with Gasteiger partial charge in [0.2, 0.25) is 0 Å². The van der Waals surface area contributed by atoms with Crippen LogP contribution in [0.4, 0.5) is 5.69 Å². The number of rotatable bonds is 8. The molecule has 0 aliphatic heterocycles. The Morgan fingerprint density at radius 3 is 2.26 bits per heavy atom. The lowest BCUT2D eigenvalue weighted by molar-refractivity contribution is 0.0705. The predicted octanol–water partition coefficient (Wildman–Crippen LogP) is 4.34. The average molecular weight is 459 g/mol. The summed E-state index contributed by atoms with van der Waals surface area (Å²) in [6, 6.07) is 21.4. The molecule has 1 amide bonds. The van der Waals surface area contributed by atoms with E-state index in [1.807, 2.05) is 30.3 Å². The Morgan fingerprint density at radius 1 is 1.03 bits per heavy atom. The van der Waals surface area contributed by atoms with Crippen molar-refractivity contribution in [1.29, 1.82) is 0 Å². The van der Waals surface area contributed by atoms with E-state index in [4.69, 9.17) is 11.6 Å². The second-order valence-corrected chi connectivity index (χ2v) is 9.06. The highest BCUT2D eigenvalue weighted by Crippen LogP contribution is 2.28. The van der Waals surface area contributed by atoms with Crippen LogP contribution in [-0.2, 0) is 10.0 Å². The van der Waals surface area contributed by atoms with Gasteiger partial charge >= 0.3 is 0 Å². The van der Waals surface area contributed by atoms with Gasteiger partial charge in [0.25, 0.3) is 15.9 Å². The summed E-state index contributed by atoms with van der Waals surface area (Å²) in [5, 5.41) is 9.64. The number of carbonyl (C=O) groups excluding carboxylic acids is 1. The molecule has 0 fully saturated rings. The third-order valence-corrected chi connectivity index (χ3v) is 6.59. The maximum atomic E-state index is 13.2. The fraction of sp³-hybridized carbons (Fsp3) is 0.174. The van der Waals surface area contributed by atoms with Crippen molar-refractivity contribution in [2.45, 2.75) is 17.4 Å². The number of carbonyl (C=O) groups is 1. The van der Waals surface area contributed by atoms with Gasteiger partial charge in [-0.3, -0.25) is 9.52 Å². The number of aliphatic hydroxyl groups excluding tert-OH is 1. The van der Waals surface area contributed by atoms with Gasteiger partial charge < -0.3 is 10.0 Å². The molecule has 3 aromatic rings. The topological polar surface area (TPSA) is 86.7 Å². The first-order valence-electron chi connectivity index (χ1n) is 9.64. The largest absolute Gasteiger partial charge is 0.396 e. The van der Waals surface area contributed by atoms with E-state index in [-0.39, 0.29) is 22.1 Å². The zero-order valence-corrected chi connectivity index (χ0v) is 18.5. The molecule has 3 aromatic carbocycles. The summed E-state index contributed by atoms with van der Waals surface area (Å²) in [4.78, 5) is 14.6. The fourth-order valence-electron chi connectivity index (χ4n) is 3.27. The van der Waals surface area contributed by atoms with E-state index in [0.29, 0.717) is 12.1 Å². The first-order valence-corrected chi connectivity index (χ1v) is 11.5. The van der Waals surface area contributed by atoms with Gasteiger partial charge in [-0.15, -0.1) is 0 Å². The minimum atomic E-state index is -3.91. The Bertz CT molecular complexity index is 1140. The highest BCUT2D eigenvalue weighted by Gasteiger charge is 2.26. The van der Waals surface area contributed by atoms with Gasteiger partial charge in [-0.05, 0) is 42.3 Å². The molecular formula is C23H23ClN2O4S. The van der Waals surface area contributed by atoms with E-state index in [0.717, 1.165) is 5.56 Å². The maximum Gasteiger partial charge on any atom is 0.261 e. The van der Waals surface area contributed by atoms with E-state index in [1.54, 1.807) is 37.4 Å². The van der Waals surface area contributed by atoms with Gasteiger partial charge in [-0.2, -0.15) is 0 Å². The smallest absolute Gasteiger partial charge is 0.261 e. The molecule has 0 heterocycles. The molecule has 6 nitrogen and oxygen atoms in total. The molecule has 3 rings (SSSR count). The van der Waals surface area contributed by atoms with Crippen LogP contribution in [0.2, 0.25) is 5.02 Å². The van der Waals surface area contributed by atoms with Crippen molar-refractivity contribution in [1.82, 2.24) is 4.90 Å². The number of sulfonamides is 1. The second-order valence-electron chi connectivity index (χ2n) is 6.97. The Balaban J connectivity index is 1.92. The van der Waals surface area contributed by atoms with Gasteiger partial charge in [0, 0.05) is 19.3 Å². The van der Waals surface area contributed by atoms with Gasteiger partial charge in [-0.1, -0.05) is 60.1 Å². The number of nitrogens with one attached hydrogen (secondary N) is 1. The molecule has 2 N–H and O–H groups in total. The van der Waals surface area contributed by atoms with Crippen LogP contribution in [0.1, 0.15) is 28.4 Å². The summed E-state index contributed by atoms with van der Waals surface area (Å²) in [6.07, 6.45) is 0.331. The molecule has 162 valence electrons. The molecule has 0 aliphatic carbocycles. The van der Waals surface area contributed by atoms with Crippen molar-refractivity contribution < 1.29 is 18.3 Å². The molecule has 31 heavy (non-hydrogen) atoms. The Hall–Kier alpha value is -2.87. The standard InChI is InChI=1S/C23H23ClN2O4S/c1-26(22(14-15-27)17-8-4-2-5-9-17)23(28)20-16-19(12-13-21(20)24)31(29,30)25-18-10-6-3-7-11-18/h2-13,16,22,25,27H,14-15H2,1H3. The van der Waals surface area contributed by atoms with Crippen molar-refractivity contribution in [2.75, 3.05) is 18.4 Å². The highest BCUT2D eigenvalue weighted by molar-refractivity contribution is 7.92. The molecule has 0 saturated carbocycles. The van der Waals surface area contributed by atoms with Crippen molar-refractivity contribution in [2.24, 2.45) is 0 Å². The Morgan fingerprint density at radius 2 is 1.65 bits per heavy atom.